The van der Waals surface area contributed by atoms with E-state index in [4.69, 9.17) is 4.74 Å². The van der Waals surface area contributed by atoms with Gasteiger partial charge in [-0.1, -0.05) is 28.1 Å². The number of hydrogen-bond donors (Lipinski definition) is 1. The molecule has 0 heterocycles. The van der Waals surface area contributed by atoms with E-state index in [9.17, 15) is 8.42 Å². The maximum absolute atomic E-state index is 12.3. The Labute approximate surface area is 133 Å². The molecule has 0 saturated heterocycles. The molecule has 1 N–H and O–H groups in total. The van der Waals surface area contributed by atoms with Gasteiger partial charge in [-0.25, -0.2) is 13.1 Å². The predicted molar refractivity (Wildman–Crippen MR) is 85.9 cm³/mol. The third-order valence-electron chi connectivity index (χ3n) is 3.07. The van der Waals surface area contributed by atoms with Crippen molar-refractivity contribution in [2.24, 2.45) is 0 Å². The van der Waals surface area contributed by atoms with Gasteiger partial charge in [0.1, 0.15) is 5.75 Å². The summed E-state index contributed by atoms with van der Waals surface area (Å²) in [4.78, 5) is 0.242. The minimum Gasteiger partial charge on any atom is -0.497 e. The van der Waals surface area contributed by atoms with Gasteiger partial charge in [0.15, 0.2) is 0 Å². The third kappa shape index (κ3) is 4.06. The van der Waals surface area contributed by atoms with Crippen LogP contribution >= 0.6 is 15.9 Å². The van der Waals surface area contributed by atoms with Gasteiger partial charge in [-0.15, -0.1) is 0 Å². The number of nitrogens with one attached hydrogen (secondary N) is 1. The van der Waals surface area contributed by atoms with Gasteiger partial charge in [0.25, 0.3) is 0 Å². The highest BCUT2D eigenvalue weighted by Crippen LogP contribution is 2.20. The molecule has 0 aliphatic carbocycles. The molecule has 21 heavy (non-hydrogen) atoms. The van der Waals surface area contributed by atoms with Gasteiger partial charge in [0, 0.05) is 10.5 Å². The van der Waals surface area contributed by atoms with E-state index in [0.717, 1.165) is 15.8 Å². The average molecular weight is 370 g/mol. The smallest absolute Gasteiger partial charge is 0.241 e. The van der Waals surface area contributed by atoms with E-state index in [1.54, 1.807) is 50.4 Å². The van der Waals surface area contributed by atoms with Gasteiger partial charge in [-0.2, -0.15) is 0 Å². The Morgan fingerprint density at radius 3 is 2.14 bits per heavy atom. The lowest BCUT2D eigenvalue weighted by Crippen LogP contribution is -2.26. The van der Waals surface area contributed by atoms with Crippen LogP contribution in [0.4, 0.5) is 0 Å². The second-order valence-electron chi connectivity index (χ2n) is 4.57. The highest BCUT2D eigenvalue weighted by molar-refractivity contribution is 9.10. The van der Waals surface area contributed by atoms with Crippen molar-refractivity contribution in [1.29, 1.82) is 0 Å². The summed E-state index contributed by atoms with van der Waals surface area (Å²) in [5.74, 6) is 0.738. The molecule has 4 nitrogen and oxygen atoms in total. The molecule has 112 valence electrons. The Bertz CT molecular complexity index is 697. The van der Waals surface area contributed by atoms with Crippen molar-refractivity contribution in [3.05, 3.63) is 58.6 Å². The second-order valence-corrected chi connectivity index (χ2v) is 7.20. The summed E-state index contributed by atoms with van der Waals surface area (Å²) in [5.41, 5.74) is 0.872. The molecule has 2 aromatic rings. The number of ether oxygens (including phenoxy) is 1. The summed E-state index contributed by atoms with van der Waals surface area (Å²) < 4.78 is 33.2. The number of halogens is 1. The van der Waals surface area contributed by atoms with E-state index in [1.165, 1.54) is 0 Å². The highest BCUT2D eigenvalue weighted by atomic mass is 79.9. The molecule has 0 aromatic heterocycles. The van der Waals surface area contributed by atoms with Crippen LogP contribution in [-0.2, 0) is 10.0 Å². The van der Waals surface area contributed by atoms with Gasteiger partial charge >= 0.3 is 0 Å². The van der Waals surface area contributed by atoms with E-state index in [2.05, 4.69) is 20.7 Å². The van der Waals surface area contributed by atoms with Crippen molar-refractivity contribution < 1.29 is 13.2 Å². The van der Waals surface area contributed by atoms with E-state index in [-0.39, 0.29) is 10.9 Å². The SMILES string of the molecule is COc1ccc(C(C)NS(=O)(=O)c2ccc(Br)cc2)cc1. The molecule has 0 saturated carbocycles. The topological polar surface area (TPSA) is 55.4 Å². The van der Waals surface area contributed by atoms with Crippen molar-refractivity contribution in [3.8, 4) is 5.75 Å². The minimum atomic E-state index is -3.54. The van der Waals surface area contributed by atoms with Crippen LogP contribution < -0.4 is 9.46 Å². The van der Waals surface area contributed by atoms with Crippen molar-refractivity contribution in [3.63, 3.8) is 0 Å². The van der Waals surface area contributed by atoms with Crippen LogP contribution in [0.2, 0.25) is 0 Å². The zero-order valence-corrected chi connectivity index (χ0v) is 14.1. The molecule has 0 spiro atoms. The molecule has 1 atom stereocenters. The Morgan fingerprint density at radius 1 is 1.05 bits per heavy atom. The standard InChI is InChI=1S/C15H16BrNO3S/c1-11(12-3-7-14(20-2)8-4-12)17-21(18,19)15-9-5-13(16)6-10-15/h3-11,17H,1-2H3. The minimum absolute atomic E-state index is 0.242. The fourth-order valence-corrected chi connectivity index (χ4v) is 3.37. The summed E-state index contributed by atoms with van der Waals surface area (Å²) in [7, 11) is -1.95. The normalized spacial score (nSPS) is 12.9. The maximum Gasteiger partial charge on any atom is 0.241 e. The monoisotopic (exact) mass is 369 g/mol. The zero-order chi connectivity index (χ0) is 15.5. The quantitative estimate of drug-likeness (QED) is 0.877. The lowest BCUT2D eigenvalue weighted by Gasteiger charge is -2.15. The molecule has 0 fully saturated rings. The van der Waals surface area contributed by atoms with Crippen LogP contribution in [0, 0.1) is 0 Å². The predicted octanol–water partition coefficient (Wildman–Crippen LogP) is 3.50. The molecule has 0 aliphatic rings. The Morgan fingerprint density at radius 2 is 1.62 bits per heavy atom. The molecule has 0 amide bonds. The van der Waals surface area contributed by atoms with Crippen molar-refractivity contribution in [1.82, 2.24) is 4.72 Å². The van der Waals surface area contributed by atoms with E-state index >= 15 is 0 Å². The fourth-order valence-electron chi connectivity index (χ4n) is 1.88. The number of sulfonamides is 1. The first-order valence-electron chi connectivity index (χ1n) is 6.34. The number of hydrogen-bond acceptors (Lipinski definition) is 3. The van der Waals surface area contributed by atoms with Crippen LogP contribution in [0.15, 0.2) is 57.9 Å². The Kier molecular flexibility index (Phi) is 5.03. The van der Waals surface area contributed by atoms with Gasteiger partial charge in [-0.3, -0.25) is 0 Å². The van der Waals surface area contributed by atoms with Crippen LogP contribution in [0.25, 0.3) is 0 Å². The fraction of sp³-hybridized carbons (Fsp3) is 0.200. The number of methoxy groups -OCH3 is 1. The van der Waals surface area contributed by atoms with Gasteiger partial charge in [0.05, 0.1) is 12.0 Å². The summed E-state index contributed by atoms with van der Waals surface area (Å²) >= 11 is 3.29. The first kappa shape index (κ1) is 16.0. The van der Waals surface area contributed by atoms with Crippen LogP contribution in [0.5, 0.6) is 5.75 Å². The highest BCUT2D eigenvalue weighted by Gasteiger charge is 2.18. The molecular weight excluding hydrogens is 354 g/mol. The molecule has 0 aliphatic heterocycles. The summed E-state index contributed by atoms with van der Waals surface area (Å²) in [6.07, 6.45) is 0. The van der Waals surface area contributed by atoms with Gasteiger partial charge in [-0.05, 0) is 48.9 Å². The lowest BCUT2D eigenvalue weighted by atomic mass is 10.1. The third-order valence-corrected chi connectivity index (χ3v) is 5.16. The Hall–Kier alpha value is -1.37. The lowest BCUT2D eigenvalue weighted by molar-refractivity contribution is 0.414. The van der Waals surface area contributed by atoms with Gasteiger partial charge < -0.3 is 4.74 Å². The largest absolute Gasteiger partial charge is 0.497 e. The van der Waals surface area contributed by atoms with Crippen LogP contribution in [-0.4, -0.2) is 15.5 Å². The van der Waals surface area contributed by atoms with Crippen molar-refractivity contribution >= 4 is 26.0 Å². The van der Waals surface area contributed by atoms with Crippen molar-refractivity contribution in [2.45, 2.75) is 17.9 Å². The second kappa shape index (κ2) is 6.60. The van der Waals surface area contributed by atoms with Gasteiger partial charge in [0.2, 0.25) is 10.0 Å². The molecule has 1 unspecified atom stereocenters. The first-order valence-corrected chi connectivity index (χ1v) is 8.62. The van der Waals surface area contributed by atoms with E-state index < -0.39 is 10.0 Å². The van der Waals surface area contributed by atoms with E-state index in [1.807, 2.05) is 12.1 Å². The Balaban J connectivity index is 2.17. The van der Waals surface area contributed by atoms with Crippen LogP contribution in [0.3, 0.4) is 0 Å². The summed E-state index contributed by atoms with van der Waals surface area (Å²) in [6, 6.07) is 13.5. The molecular formula is C15H16BrNO3S. The maximum atomic E-state index is 12.3. The first-order chi connectivity index (χ1) is 9.92. The molecule has 2 aromatic carbocycles. The van der Waals surface area contributed by atoms with Crippen molar-refractivity contribution in [2.75, 3.05) is 7.11 Å². The van der Waals surface area contributed by atoms with Crippen LogP contribution in [0.1, 0.15) is 18.5 Å². The average Bonchev–Trinajstić information content (AvgIpc) is 2.47. The summed E-state index contributed by atoms with van der Waals surface area (Å²) in [5, 5.41) is 0. The summed E-state index contributed by atoms with van der Waals surface area (Å²) in [6.45, 7) is 1.80. The zero-order valence-electron chi connectivity index (χ0n) is 11.7. The molecule has 6 heteroatoms. The molecule has 2 rings (SSSR count). The number of rotatable bonds is 5. The molecule has 0 radical (unpaired) electrons. The van der Waals surface area contributed by atoms with E-state index in [0.29, 0.717) is 0 Å². The molecule has 0 bridgehead atoms. The number of benzene rings is 2.